The van der Waals surface area contributed by atoms with E-state index in [2.05, 4.69) is 10.6 Å². The molecule has 4 N–H and O–H groups in total. The smallest absolute Gasteiger partial charge is 0.408 e. The highest BCUT2D eigenvalue weighted by Gasteiger charge is 2.28. The predicted molar refractivity (Wildman–Crippen MR) is 109 cm³/mol. The molecule has 1 heterocycles. The second-order valence-corrected chi connectivity index (χ2v) is 9.33. The second-order valence-electron chi connectivity index (χ2n) is 9.33. The van der Waals surface area contributed by atoms with E-state index in [1.54, 1.807) is 20.8 Å². The summed E-state index contributed by atoms with van der Waals surface area (Å²) in [6.07, 6.45) is 3.01. The number of aromatic nitrogens is 1. The van der Waals surface area contributed by atoms with Gasteiger partial charge in [0.05, 0.1) is 18.8 Å². The van der Waals surface area contributed by atoms with Gasteiger partial charge in [0, 0.05) is 24.5 Å². The third kappa shape index (κ3) is 10.3. The summed E-state index contributed by atoms with van der Waals surface area (Å²) in [4.78, 5) is 24.9. The van der Waals surface area contributed by atoms with E-state index in [0.717, 1.165) is 0 Å². The maximum atomic E-state index is 12.7. The van der Waals surface area contributed by atoms with Crippen molar-refractivity contribution in [2.45, 2.75) is 77.8 Å². The zero-order chi connectivity index (χ0) is 21.6. The molecule has 8 heteroatoms. The number of amides is 2. The van der Waals surface area contributed by atoms with Gasteiger partial charge < -0.3 is 30.4 Å². The van der Waals surface area contributed by atoms with E-state index in [1.807, 2.05) is 56.8 Å². The first-order chi connectivity index (χ1) is 12.7. The first-order valence-corrected chi connectivity index (χ1v) is 9.48. The van der Waals surface area contributed by atoms with Gasteiger partial charge in [0.1, 0.15) is 11.6 Å². The van der Waals surface area contributed by atoms with Crippen molar-refractivity contribution in [3.63, 3.8) is 0 Å². The normalized spacial score (nSPS) is 13.7. The minimum Gasteiger partial charge on any atom is -0.444 e. The summed E-state index contributed by atoms with van der Waals surface area (Å²) < 4.78 is 12.9. The minimum absolute atomic E-state index is 0.278. The summed E-state index contributed by atoms with van der Waals surface area (Å²) in [7, 11) is 0. The summed E-state index contributed by atoms with van der Waals surface area (Å²) in [6, 6.07) is 2.92. The van der Waals surface area contributed by atoms with Gasteiger partial charge in [0.15, 0.2) is 0 Å². The van der Waals surface area contributed by atoms with Crippen molar-refractivity contribution >= 4 is 12.0 Å². The second kappa shape index (κ2) is 9.43. The highest BCUT2D eigenvalue weighted by molar-refractivity contribution is 5.85. The topological polar surface area (TPSA) is 108 Å². The van der Waals surface area contributed by atoms with Gasteiger partial charge in [-0.3, -0.25) is 4.79 Å². The Morgan fingerprint density at radius 1 is 1.07 bits per heavy atom. The molecule has 160 valence electrons. The first-order valence-electron chi connectivity index (χ1n) is 9.48. The lowest BCUT2D eigenvalue weighted by Crippen LogP contribution is -2.53. The molecule has 0 aliphatic heterocycles. The van der Waals surface area contributed by atoms with E-state index < -0.39 is 28.9 Å². The van der Waals surface area contributed by atoms with Gasteiger partial charge in [-0.05, 0) is 60.6 Å². The Labute approximate surface area is 168 Å². The number of nitrogens with one attached hydrogen (secondary N) is 2. The number of rotatable bonds is 9. The molecule has 0 aliphatic rings. The number of ether oxygens (including phenoxy) is 2. The summed E-state index contributed by atoms with van der Waals surface area (Å²) in [5, 5.41) is 5.50. The molecule has 1 aromatic rings. The van der Waals surface area contributed by atoms with Crippen LogP contribution in [0.3, 0.4) is 0 Å². The highest BCUT2D eigenvalue weighted by atomic mass is 16.6. The number of alkyl carbamates (subject to hydrolysis) is 1. The molecular weight excluding hydrogens is 360 g/mol. The molecule has 1 unspecified atom stereocenters. The van der Waals surface area contributed by atoms with Crippen molar-refractivity contribution in [3.8, 4) is 0 Å². The predicted octanol–water partition coefficient (Wildman–Crippen LogP) is 2.03. The van der Waals surface area contributed by atoms with Crippen molar-refractivity contribution < 1.29 is 19.1 Å². The molecule has 1 atom stereocenters. The fourth-order valence-corrected chi connectivity index (χ4v) is 2.20. The average Bonchev–Trinajstić information content (AvgIpc) is 3.01. The number of nitrogens with zero attached hydrogens (tertiary/aromatic N) is 1. The molecule has 1 aromatic heterocycles. The Morgan fingerprint density at radius 3 is 2.14 bits per heavy atom. The van der Waals surface area contributed by atoms with Gasteiger partial charge in [-0.25, -0.2) is 4.79 Å². The Kier molecular flexibility index (Phi) is 8.07. The van der Waals surface area contributed by atoms with E-state index in [0.29, 0.717) is 6.61 Å². The fraction of sp³-hybridized carbons (Fsp3) is 0.700. The SMILES string of the molecule is CC(C)(N)COC(C)(C)CNC(=O)C(Cn1cccc1)NC(=O)OC(C)(C)C. The van der Waals surface area contributed by atoms with Crippen LogP contribution in [0.2, 0.25) is 0 Å². The van der Waals surface area contributed by atoms with E-state index in [1.165, 1.54) is 0 Å². The van der Waals surface area contributed by atoms with Crippen molar-refractivity contribution in [3.05, 3.63) is 24.5 Å². The van der Waals surface area contributed by atoms with Crippen molar-refractivity contribution in [2.75, 3.05) is 13.2 Å². The lowest BCUT2D eigenvalue weighted by Gasteiger charge is -2.30. The molecule has 0 radical (unpaired) electrons. The van der Waals surface area contributed by atoms with E-state index >= 15 is 0 Å². The Balaban J connectivity index is 2.71. The van der Waals surface area contributed by atoms with Gasteiger partial charge >= 0.3 is 6.09 Å². The zero-order valence-electron chi connectivity index (χ0n) is 18.2. The van der Waals surface area contributed by atoms with Crippen LogP contribution in [0.25, 0.3) is 0 Å². The monoisotopic (exact) mass is 396 g/mol. The van der Waals surface area contributed by atoms with Crippen LogP contribution in [0, 0.1) is 0 Å². The average molecular weight is 397 g/mol. The number of carbonyl (C=O) groups is 2. The Bertz CT molecular complexity index is 628. The Morgan fingerprint density at radius 2 is 1.64 bits per heavy atom. The van der Waals surface area contributed by atoms with Gasteiger partial charge in [-0.1, -0.05) is 0 Å². The molecule has 1 rings (SSSR count). The van der Waals surface area contributed by atoms with E-state index in [4.69, 9.17) is 15.2 Å². The van der Waals surface area contributed by atoms with Crippen LogP contribution < -0.4 is 16.4 Å². The summed E-state index contributed by atoms with van der Waals surface area (Å²) in [5.74, 6) is -0.316. The molecule has 0 fully saturated rings. The molecule has 2 amide bonds. The van der Waals surface area contributed by atoms with Gasteiger partial charge in [-0.15, -0.1) is 0 Å². The molecule has 8 nitrogen and oxygen atoms in total. The minimum atomic E-state index is -0.788. The van der Waals surface area contributed by atoms with Crippen LogP contribution in [0.4, 0.5) is 4.79 Å². The first kappa shape index (κ1) is 24.0. The van der Waals surface area contributed by atoms with Crippen molar-refractivity contribution in [1.82, 2.24) is 15.2 Å². The molecule has 0 aliphatic carbocycles. The van der Waals surface area contributed by atoms with Crippen LogP contribution in [0.5, 0.6) is 0 Å². The van der Waals surface area contributed by atoms with Crippen molar-refractivity contribution in [1.29, 1.82) is 0 Å². The third-order valence-corrected chi connectivity index (χ3v) is 3.59. The molecule has 0 spiro atoms. The van der Waals surface area contributed by atoms with Crippen LogP contribution in [0.1, 0.15) is 48.5 Å². The highest BCUT2D eigenvalue weighted by Crippen LogP contribution is 2.11. The zero-order valence-corrected chi connectivity index (χ0v) is 18.2. The number of hydrogen-bond acceptors (Lipinski definition) is 5. The van der Waals surface area contributed by atoms with Crippen LogP contribution >= 0.6 is 0 Å². The fourth-order valence-electron chi connectivity index (χ4n) is 2.20. The van der Waals surface area contributed by atoms with Crippen molar-refractivity contribution in [2.24, 2.45) is 5.73 Å². The third-order valence-electron chi connectivity index (χ3n) is 3.59. The molecule has 0 aromatic carbocycles. The van der Waals surface area contributed by atoms with Crippen LogP contribution in [-0.2, 0) is 20.8 Å². The standard InChI is InChI=1S/C20H36N4O4/c1-18(2,3)28-17(26)23-15(12-24-10-8-9-11-24)16(25)22-13-20(6,7)27-14-19(4,5)21/h8-11,15H,12-14,21H2,1-7H3,(H,22,25)(H,23,26). The van der Waals surface area contributed by atoms with E-state index in [-0.39, 0.29) is 19.0 Å². The molecular formula is C20H36N4O4. The summed E-state index contributed by atoms with van der Waals surface area (Å²) in [6.45, 7) is 13.7. The number of nitrogens with two attached hydrogens (primary N) is 1. The quantitative estimate of drug-likeness (QED) is 0.592. The molecule has 28 heavy (non-hydrogen) atoms. The molecule has 0 saturated heterocycles. The molecule has 0 bridgehead atoms. The van der Waals surface area contributed by atoms with Gasteiger partial charge in [0.2, 0.25) is 5.91 Å². The van der Waals surface area contributed by atoms with Gasteiger partial charge in [0.25, 0.3) is 0 Å². The van der Waals surface area contributed by atoms with E-state index in [9.17, 15) is 9.59 Å². The maximum Gasteiger partial charge on any atom is 0.408 e. The lowest BCUT2D eigenvalue weighted by molar-refractivity contribution is -0.125. The molecule has 0 saturated carbocycles. The van der Waals surface area contributed by atoms with Crippen LogP contribution in [-0.4, -0.2) is 52.5 Å². The lowest BCUT2D eigenvalue weighted by atomic mass is 10.1. The largest absolute Gasteiger partial charge is 0.444 e. The maximum absolute atomic E-state index is 12.7. The summed E-state index contributed by atoms with van der Waals surface area (Å²) >= 11 is 0. The van der Waals surface area contributed by atoms with Gasteiger partial charge in [-0.2, -0.15) is 0 Å². The Hall–Kier alpha value is -2.06. The van der Waals surface area contributed by atoms with Crippen LogP contribution in [0.15, 0.2) is 24.5 Å². The number of carbonyl (C=O) groups excluding carboxylic acids is 2. The number of hydrogen-bond donors (Lipinski definition) is 3. The summed E-state index contributed by atoms with van der Waals surface area (Å²) in [5.41, 5.74) is 4.24.